The van der Waals surface area contributed by atoms with Gasteiger partial charge in [0.1, 0.15) is 5.76 Å². The molecule has 0 aliphatic heterocycles. The first kappa shape index (κ1) is 18.4. The first-order chi connectivity index (χ1) is 11.1. The summed E-state index contributed by atoms with van der Waals surface area (Å²) in [5, 5.41) is 7.01. The van der Waals surface area contributed by atoms with E-state index < -0.39 is 11.3 Å². The number of ketones is 1. The van der Waals surface area contributed by atoms with Crippen LogP contribution in [0.1, 0.15) is 48.5 Å². The third kappa shape index (κ3) is 4.14. The SMILES string of the molecule is Cc1nn(Cc2ccc(C(=O)NCC(=O)C(C)(C)C)o2)c(C)c1Br. The molecule has 0 radical (unpaired) electrons. The number of amides is 1. The number of aromatic nitrogens is 2. The number of aryl methyl sites for hydroxylation is 1. The summed E-state index contributed by atoms with van der Waals surface area (Å²) in [5.41, 5.74) is 1.41. The molecule has 0 aliphatic carbocycles. The van der Waals surface area contributed by atoms with Crippen molar-refractivity contribution in [3.63, 3.8) is 0 Å². The van der Waals surface area contributed by atoms with Gasteiger partial charge in [0.25, 0.3) is 5.91 Å². The van der Waals surface area contributed by atoms with Gasteiger partial charge < -0.3 is 9.73 Å². The van der Waals surface area contributed by atoms with Crippen LogP contribution >= 0.6 is 15.9 Å². The minimum atomic E-state index is -0.482. The molecule has 0 aliphatic rings. The Morgan fingerprint density at radius 1 is 1.29 bits per heavy atom. The summed E-state index contributed by atoms with van der Waals surface area (Å²) < 4.78 is 8.35. The summed E-state index contributed by atoms with van der Waals surface area (Å²) >= 11 is 3.48. The molecule has 6 nitrogen and oxygen atoms in total. The lowest BCUT2D eigenvalue weighted by Crippen LogP contribution is -2.35. The summed E-state index contributed by atoms with van der Waals surface area (Å²) in [5.74, 6) is 0.385. The summed E-state index contributed by atoms with van der Waals surface area (Å²) in [6.45, 7) is 9.76. The highest BCUT2D eigenvalue weighted by molar-refractivity contribution is 9.10. The van der Waals surface area contributed by atoms with Crippen molar-refractivity contribution >= 4 is 27.6 Å². The topological polar surface area (TPSA) is 77.1 Å². The fourth-order valence-corrected chi connectivity index (χ4v) is 2.36. The Balaban J connectivity index is 2.01. The Bertz CT molecular complexity index is 769. The lowest BCUT2D eigenvalue weighted by Gasteiger charge is -2.16. The molecule has 2 aromatic heterocycles. The highest BCUT2D eigenvalue weighted by atomic mass is 79.9. The molecule has 0 aromatic carbocycles. The van der Waals surface area contributed by atoms with Crippen molar-refractivity contribution < 1.29 is 14.0 Å². The predicted molar refractivity (Wildman–Crippen MR) is 94.0 cm³/mol. The maximum absolute atomic E-state index is 12.1. The molecular weight excluding hydrogens is 374 g/mol. The van der Waals surface area contributed by atoms with Crippen molar-refractivity contribution in [3.05, 3.63) is 39.5 Å². The maximum Gasteiger partial charge on any atom is 0.287 e. The summed E-state index contributed by atoms with van der Waals surface area (Å²) in [7, 11) is 0. The number of furan rings is 1. The average molecular weight is 396 g/mol. The van der Waals surface area contributed by atoms with Crippen molar-refractivity contribution in [1.29, 1.82) is 0 Å². The van der Waals surface area contributed by atoms with Gasteiger partial charge in [0.15, 0.2) is 11.5 Å². The van der Waals surface area contributed by atoms with Gasteiger partial charge in [-0.15, -0.1) is 0 Å². The second kappa shape index (κ2) is 6.93. The van der Waals surface area contributed by atoms with Crippen molar-refractivity contribution in [2.75, 3.05) is 6.54 Å². The quantitative estimate of drug-likeness (QED) is 0.842. The van der Waals surface area contributed by atoms with Crippen LogP contribution in [0.2, 0.25) is 0 Å². The molecule has 24 heavy (non-hydrogen) atoms. The highest BCUT2D eigenvalue weighted by Crippen LogP contribution is 2.21. The number of rotatable bonds is 5. The first-order valence-corrected chi connectivity index (χ1v) is 8.48. The van der Waals surface area contributed by atoms with Crippen molar-refractivity contribution in [2.24, 2.45) is 5.41 Å². The van der Waals surface area contributed by atoms with Crippen LogP contribution in [0.25, 0.3) is 0 Å². The summed E-state index contributed by atoms with van der Waals surface area (Å²) in [4.78, 5) is 23.9. The van der Waals surface area contributed by atoms with Crippen LogP contribution < -0.4 is 5.32 Å². The maximum atomic E-state index is 12.1. The zero-order valence-corrected chi connectivity index (χ0v) is 16.2. The average Bonchev–Trinajstić information content (AvgIpc) is 3.05. The van der Waals surface area contributed by atoms with Crippen LogP contribution in [0.15, 0.2) is 21.0 Å². The van der Waals surface area contributed by atoms with E-state index >= 15 is 0 Å². The fraction of sp³-hybridized carbons (Fsp3) is 0.471. The van der Waals surface area contributed by atoms with E-state index in [1.54, 1.807) is 12.1 Å². The van der Waals surface area contributed by atoms with Crippen molar-refractivity contribution in [2.45, 2.75) is 41.2 Å². The van der Waals surface area contributed by atoms with E-state index in [9.17, 15) is 9.59 Å². The predicted octanol–water partition coefficient (Wildman–Crippen LogP) is 3.25. The molecule has 0 saturated heterocycles. The molecular formula is C17H22BrN3O3. The normalized spacial score (nSPS) is 11.6. The van der Waals surface area contributed by atoms with Crippen LogP contribution in [-0.4, -0.2) is 28.0 Å². The van der Waals surface area contributed by atoms with E-state index in [1.807, 2.05) is 39.3 Å². The van der Waals surface area contributed by atoms with Crippen LogP contribution in [0, 0.1) is 19.3 Å². The number of carbonyl (C=O) groups is 2. The van der Waals surface area contributed by atoms with E-state index in [2.05, 4.69) is 26.3 Å². The molecule has 130 valence electrons. The van der Waals surface area contributed by atoms with E-state index in [0.717, 1.165) is 15.9 Å². The highest BCUT2D eigenvalue weighted by Gasteiger charge is 2.22. The van der Waals surface area contributed by atoms with Gasteiger partial charge >= 0.3 is 0 Å². The Kier molecular flexibility index (Phi) is 5.32. The molecule has 7 heteroatoms. The summed E-state index contributed by atoms with van der Waals surface area (Å²) in [6.07, 6.45) is 0. The molecule has 2 rings (SSSR count). The molecule has 0 unspecified atom stereocenters. The third-order valence-corrected chi connectivity index (χ3v) is 4.88. The number of carbonyl (C=O) groups excluding carboxylic acids is 2. The van der Waals surface area contributed by atoms with E-state index in [0.29, 0.717) is 12.3 Å². The molecule has 1 N–H and O–H groups in total. The van der Waals surface area contributed by atoms with Gasteiger partial charge in [0.05, 0.1) is 29.0 Å². The van der Waals surface area contributed by atoms with Crippen LogP contribution in [-0.2, 0) is 11.3 Å². The molecule has 0 fully saturated rings. The number of hydrogen-bond acceptors (Lipinski definition) is 4. The fourth-order valence-electron chi connectivity index (χ4n) is 2.07. The van der Waals surface area contributed by atoms with Crippen LogP contribution in [0.5, 0.6) is 0 Å². The lowest BCUT2D eigenvalue weighted by atomic mass is 9.91. The van der Waals surface area contributed by atoms with Gasteiger partial charge in [-0.3, -0.25) is 14.3 Å². The Morgan fingerprint density at radius 2 is 1.96 bits per heavy atom. The molecule has 2 heterocycles. The van der Waals surface area contributed by atoms with Gasteiger partial charge in [-0.05, 0) is 41.9 Å². The molecule has 0 saturated carbocycles. The summed E-state index contributed by atoms with van der Waals surface area (Å²) in [6, 6.07) is 3.35. The van der Waals surface area contributed by atoms with Crippen LogP contribution in [0.4, 0.5) is 0 Å². The molecule has 2 aromatic rings. The standard InChI is InChI=1S/C17H22BrN3O3/c1-10-15(18)11(2)21(20-10)9-12-6-7-13(24-12)16(23)19-8-14(22)17(3,4)5/h6-7H,8-9H2,1-5H3,(H,19,23). The molecule has 0 atom stereocenters. The number of nitrogens with one attached hydrogen (secondary N) is 1. The van der Waals surface area contributed by atoms with Gasteiger partial charge in [0, 0.05) is 5.41 Å². The third-order valence-electron chi connectivity index (χ3n) is 3.73. The molecule has 0 bridgehead atoms. The van der Waals surface area contributed by atoms with Crippen LogP contribution in [0.3, 0.4) is 0 Å². The van der Waals surface area contributed by atoms with Gasteiger partial charge in [-0.2, -0.15) is 5.10 Å². The zero-order valence-electron chi connectivity index (χ0n) is 14.6. The largest absolute Gasteiger partial charge is 0.454 e. The number of hydrogen-bond donors (Lipinski definition) is 1. The van der Waals surface area contributed by atoms with Gasteiger partial charge in [-0.25, -0.2) is 0 Å². The number of halogens is 1. The zero-order chi connectivity index (χ0) is 18.1. The Morgan fingerprint density at radius 3 is 2.50 bits per heavy atom. The van der Waals surface area contributed by atoms with E-state index in [-0.39, 0.29) is 18.1 Å². The molecule has 1 amide bonds. The minimum absolute atomic E-state index is 0.0111. The van der Waals surface area contributed by atoms with E-state index in [4.69, 9.17) is 4.42 Å². The van der Waals surface area contributed by atoms with Gasteiger partial charge in [0.2, 0.25) is 0 Å². The second-order valence-electron chi connectivity index (χ2n) is 6.76. The lowest BCUT2D eigenvalue weighted by molar-refractivity contribution is -0.125. The molecule has 0 spiro atoms. The second-order valence-corrected chi connectivity index (χ2v) is 7.56. The monoisotopic (exact) mass is 395 g/mol. The Labute approximate surface area is 149 Å². The van der Waals surface area contributed by atoms with Crippen molar-refractivity contribution in [1.82, 2.24) is 15.1 Å². The van der Waals surface area contributed by atoms with Crippen molar-refractivity contribution in [3.8, 4) is 0 Å². The minimum Gasteiger partial charge on any atom is -0.454 e. The van der Waals surface area contributed by atoms with E-state index in [1.165, 1.54) is 0 Å². The Hall–Kier alpha value is -1.89. The van der Waals surface area contributed by atoms with Gasteiger partial charge in [-0.1, -0.05) is 20.8 Å². The first-order valence-electron chi connectivity index (χ1n) is 7.69. The number of Topliss-reactive ketones (excluding diaryl/α,β-unsaturated/α-hetero) is 1. The number of nitrogens with zero attached hydrogens (tertiary/aromatic N) is 2. The smallest absolute Gasteiger partial charge is 0.287 e.